The number of hydrogen-bond donors (Lipinski definition) is 0. The van der Waals surface area contributed by atoms with Gasteiger partial charge in [0.05, 0.1) is 0 Å². The number of ether oxygens (including phenoxy) is 1. The summed E-state index contributed by atoms with van der Waals surface area (Å²) in [5, 5.41) is 4.11. The lowest BCUT2D eigenvalue weighted by Gasteiger charge is -2.25. The van der Waals surface area contributed by atoms with E-state index in [4.69, 9.17) is 9.26 Å². The zero-order valence-electron chi connectivity index (χ0n) is 16.5. The molecule has 150 valence electrons. The lowest BCUT2D eigenvalue weighted by molar-refractivity contribution is 0.0944. The minimum Gasteiger partial charge on any atom is -0.491 e. The molecule has 0 spiro atoms. The van der Waals surface area contributed by atoms with Crippen molar-refractivity contribution >= 4 is 5.78 Å². The third-order valence-electron chi connectivity index (χ3n) is 5.74. The van der Waals surface area contributed by atoms with Crippen LogP contribution in [-0.2, 0) is 5.41 Å². The fourth-order valence-electron chi connectivity index (χ4n) is 3.92. The molecule has 0 saturated heterocycles. The lowest BCUT2D eigenvalue weighted by Crippen LogP contribution is -2.28. The summed E-state index contributed by atoms with van der Waals surface area (Å²) >= 11 is 0. The third-order valence-corrected chi connectivity index (χ3v) is 5.74. The Bertz CT molecular complexity index is 857. The van der Waals surface area contributed by atoms with Crippen LogP contribution in [-0.4, -0.2) is 29.2 Å². The fourth-order valence-corrected chi connectivity index (χ4v) is 3.92. The Labute approximate surface area is 164 Å². The van der Waals surface area contributed by atoms with E-state index in [9.17, 15) is 9.18 Å². The first-order valence-corrected chi connectivity index (χ1v) is 10.2. The topological polar surface area (TPSA) is 65.2 Å². The highest BCUT2D eigenvalue weighted by Gasteiger charge is 2.40. The molecule has 4 rings (SSSR count). The molecule has 28 heavy (non-hydrogen) atoms. The van der Waals surface area contributed by atoms with E-state index in [0.29, 0.717) is 41.3 Å². The van der Waals surface area contributed by atoms with Gasteiger partial charge in [-0.1, -0.05) is 37.1 Å². The molecule has 1 heterocycles. The van der Waals surface area contributed by atoms with Crippen molar-refractivity contribution < 1.29 is 18.4 Å². The van der Waals surface area contributed by atoms with Crippen molar-refractivity contribution in [1.29, 1.82) is 0 Å². The van der Waals surface area contributed by atoms with E-state index in [0.717, 1.165) is 24.8 Å². The molecule has 2 aliphatic rings. The van der Waals surface area contributed by atoms with E-state index < -0.39 is 12.1 Å². The van der Waals surface area contributed by atoms with Crippen LogP contribution in [0.25, 0.3) is 0 Å². The van der Waals surface area contributed by atoms with Crippen LogP contribution in [0.5, 0.6) is 5.75 Å². The first kappa shape index (κ1) is 19.1. The van der Waals surface area contributed by atoms with Crippen LogP contribution in [0.15, 0.2) is 22.7 Å². The summed E-state index contributed by atoms with van der Waals surface area (Å²) in [6.07, 6.45) is 5.82. The maximum absolute atomic E-state index is 13.1. The van der Waals surface area contributed by atoms with E-state index >= 15 is 0 Å². The molecule has 2 aliphatic carbocycles. The lowest BCUT2D eigenvalue weighted by atomic mass is 9.78. The molecule has 0 N–H and O–H groups in total. The number of alkyl halides is 1. The molecule has 0 bridgehead atoms. The largest absolute Gasteiger partial charge is 0.491 e. The molecule has 0 amide bonds. The van der Waals surface area contributed by atoms with Gasteiger partial charge in [0.15, 0.2) is 11.6 Å². The number of rotatable bonds is 10. The Morgan fingerprint density at radius 1 is 1.32 bits per heavy atom. The second-order valence-corrected chi connectivity index (χ2v) is 8.51. The highest BCUT2D eigenvalue weighted by Crippen LogP contribution is 2.46. The summed E-state index contributed by atoms with van der Waals surface area (Å²) in [6, 6.07) is 5.62. The van der Waals surface area contributed by atoms with Crippen LogP contribution < -0.4 is 4.74 Å². The predicted molar refractivity (Wildman–Crippen MR) is 103 cm³/mol. The average Bonchev–Trinajstić information content (AvgIpc) is 3.60. The Morgan fingerprint density at radius 2 is 2.11 bits per heavy atom. The SMILES string of the molecule is Cc1nc([C@](C)(CC(=O)c2ccc(C3CC3)c(OCCF)c2)CC2CC2)no1. The van der Waals surface area contributed by atoms with Gasteiger partial charge in [-0.25, -0.2) is 4.39 Å². The van der Waals surface area contributed by atoms with Gasteiger partial charge in [-0.3, -0.25) is 4.79 Å². The van der Waals surface area contributed by atoms with Gasteiger partial charge in [-0.15, -0.1) is 0 Å². The number of carbonyl (C=O) groups is 1. The normalized spacial score (nSPS) is 18.7. The fraction of sp³-hybridized carbons (Fsp3) is 0.591. The molecule has 2 saturated carbocycles. The first-order valence-electron chi connectivity index (χ1n) is 10.2. The number of aromatic nitrogens is 2. The number of Topliss-reactive ketones (excluding diaryl/α,β-unsaturated/α-hetero) is 1. The van der Waals surface area contributed by atoms with Crippen molar-refractivity contribution in [2.45, 2.75) is 63.7 Å². The maximum atomic E-state index is 13.1. The summed E-state index contributed by atoms with van der Waals surface area (Å²) in [5.74, 6) is 2.88. The summed E-state index contributed by atoms with van der Waals surface area (Å²) in [6.45, 7) is 3.28. The van der Waals surface area contributed by atoms with Gasteiger partial charge in [-0.2, -0.15) is 4.98 Å². The Hall–Kier alpha value is -2.24. The smallest absolute Gasteiger partial charge is 0.223 e. The number of halogens is 1. The van der Waals surface area contributed by atoms with Crippen LogP contribution in [0.2, 0.25) is 0 Å². The van der Waals surface area contributed by atoms with E-state index in [2.05, 4.69) is 10.1 Å². The van der Waals surface area contributed by atoms with Crippen molar-refractivity contribution in [1.82, 2.24) is 10.1 Å². The van der Waals surface area contributed by atoms with Crippen LogP contribution in [0.1, 0.15) is 79.0 Å². The van der Waals surface area contributed by atoms with Gasteiger partial charge in [-0.05, 0) is 42.7 Å². The van der Waals surface area contributed by atoms with Crippen LogP contribution >= 0.6 is 0 Å². The summed E-state index contributed by atoms with van der Waals surface area (Å²) < 4.78 is 23.4. The van der Waals surface area contributed by atoms with Gasteiger partial charge in [0.1, 0.15) is 19.0 Å². The minimum absolute atomic E-state index is 0.0128. The highest BCUT2D eigenvalue weighted by molar-refractivity contribution is 5.97. The monoisotopic (exact) mass is 386 g/mol. The van der Waals surface area contributed by atoms with E-state index in [1.165, 1.54) is 12.8 Å². The summed E-state index contributed by atoms with van der Waals surface area (Å²) in [7, 11) is 0. The van der Waals surface area contributed by atoms with Crippen molar-refractivity contribution in [2.24, 2.45) is 5.92 Å². The quantitative estimate of drug-likeness (QED) is 0.542. The first-order chi connectivity index (χ1) is 13.5. The molecule has 0 radical (unpaired) electrons. The standard InChI is InChI=1S/C22H27FN2O3/c1-14-24-21(25-28-14)22(2,12-15-3-4-15)13-19(26)17-7-8-18(16-5-6-16)20(11-17)27-10-9-23/h7-8,11,15-16H,3-6,9-10,12-13H2,1-2H3/t22-/m0/s1. The van der Waals surface area contributed by atoms with Crippen LogP contribution in [0.3, 0.4) is 0 Å². The number of benzene rings is 1. The molecular weight excluding hydrogens is 359 g/mol. The van der Waals surface area contributed by atoms with Gasteiger partial charge < -0.3 is 9.26 Å². The van der Waals surface area contributed by atoms with Gasteiger partial charge in [0.25, 0.3) is 0 Å². The molecule has 2 fully saturated rings. The number of aryl methyl sites for hydroxylation is 1. The molecular formula is C22H27FN2O3. The van der Waals surface area contributed by atoms with Crippen molar-refractivity contribution in [3.63, 3.8) is 0 Å². The number of hydrogen-bond acceptors (Lipinski definition) is 5. The average molecular weight is 386 g/mol. The zero-order valence-corrected chi connectivity index (χ0v) is 16.5. The predicted octanol–water partition coefficient (Wildman–Crippen LogP) is 4.93. The van der Waals surface area contributed by atoms with Crippen molar-refractivity contribution in [3.8, 4) is 5.75 Å². The molecule has 2 aromatic rings. The summed E-state index contributed by atoms with van der Waals surface area (Å²) in [4.78, 5) is 17.6. The molecule has 1 aromatic heterocycles. The highest BCUT2D eigenvalue weighted by atomic mass is 19.1. The Morgan fingerprint density at radius 3 is 2.71 bits per heavy atom. The molecule has 5 nitrogen and oxygen atoms in total. The molecule has 1 aromatic carbocycles. The van der Waals surface area contributed by atoms with E-state index in [-0.39, 0.29) is 12.4 Å². The maximum Gasteiger partial charge on any atom is 0.223 e. The van der Waals surface area contributed by atoms with Crippen LogP contribution in [0, 0.1) is 12.8 Å². The number of nitrogens with zero attached hydrogens (tertiary/aromatic N) is 2. The number of ketones is 1. The van der Waals surface area contributed by atoms with Crippen LogP contribution in [0.4, 0.5) is 4.39 Å². The van der Waals surface area contributed by atoms with Crippen molar-refractivity contribution in [3.05, 3.63) is 41.0 Å². The van der Waals surface area contributed by atoms with Gasteiger partial charge in [0, 0.05) is 24.3 Å². The molecule has 6 heteroatoms. The second kappa shape index (κ2) is 7.64. The zero-order chi connectivity index (χ0) is 19.7. The molecule has 0 unspecified atom stereocenters. The van der Waals surface area contributed by atoms with E-state index in [1.807, 2.05) is 19.1 Å². The Balaban J connectivity index is 1.56. The van der Waals surface area contributed by atoms with E-state index in [1.54, 1.807) is 13.0 Å². The number of carbonyl (C=O) groups excluding carboxylic acids is 1. The molecule has 0 aliphatic heterocycles. The van der Waals surface area contributed by atoms with Gasteiger partial charge >= 0.3 is 0 Å². The third kappa shape index (κ3) is 4.26. The summed E-state index contributed by atoms with van der Waals surface area (Å²) in [5.41, 5.74) is 1.23. The van der Waals surface area contributed by atoms with Gasteiger partial charge in [0.2, 0.25) is 5.89 Å². The Kier molecular flexibility index (Phi) is 5.21. The molecule has 1 atom stereocenters. The minimum atomic E-state index is -0.543. The second-order valence-electron chi connectivity index (χ2n) is 8.51. The van der Waals surface area contributed by atoms with Crippen molar-refractivity contribution in [2.75, 3.05) is 13.3 Å².